The first-order valence-electron chi connectivity index (χ1n) is 10.6. The topological polar surface area (TPSA) is 23.8 Å². The summed E-state index contributed by atoms with van der Waals surface area (Å²) in [5, 5.41) is 9.00. The summed E-state index contributed by atoms with van der Waals surface area (Å²) in [6.07, 6.45) is 14.1. The third-order valence-corrected chi connectivity index (χ3v) is 5.78. The molecule has 0 heterocycles. The molecule has 1 heteroatoms. The van der Waals surface area contributed by atoms with E-state index in [1.165, 1.54) is 47.9 Å². The molecule has 1 aliphatic rings. The summed E-state index contributed by atoms with van der Waals surface area (Å²) in [4.78, 5) is 0. The van der Waals surface area contributed by atoms with Gasteiger partial charge in [-0.15, -0.1) is 0 Å². The number of hydrogen-bond donors (Lipinski definition) is 0. The van der Waals surface area contributed by atoms with Crippen LogP contribution in [0.5, 0.6) is 0 Å². The molecule has 1 saturated carbocycles. The summed E-state index contributed by atoms with van der Waals surface area (Å²) in [6, 6.07) is 20.3. The van der Waals surface area contributed by atoms with Gasteiger partial charge in [0.1, 0.15) is 0 Å². The van der Waals surface area contributed by atoms with Crippen LogP contribution in [0.4, 0.5) is 0 Å². The fraction of sp³-hybridized carbons (Fsp3) is 0.423. The van der Waals surface area contributed by atoms with Crippen molar-refractivity contribution >= 4 is 6.08 Å². The average Bonchev–Trinajstić information content (AvgIpc) is 2.74. The number of allylic oxidation sites excluding steroid dienone is 1. The lowest BCUT2D eigenvalue weighted by Gasteiger charge is -2.21. The van der Waals surface area contributed by atoms with Crippen molar-refractivity contribution in [3.63, 3.8) is 0 Å². The Labute approximate surface area is 164 Å². The first-order valence-corrected chi connectivity index (χ1v) is 10.6. The van der Waals surface area contributed by atoms with Gasteiger partial charge in [0, 0.05) is 5.92 Å². The zero-order valence-electron chi connectivity index (χ0n) is 16.5. The van der Waals surface area contributed by atoms with Gasteiger partial charge >= 0.3 is 0 Å². The second-order valence-corrected chi connectivity index (χ2v) is 7.88. The summed E-state index contributed by atoms with van der Waals surface area (Å²) >= 11 is 0. The van der Waals surface area contributed by atoms with Gasteiger partial charge in [-0.3, -0.25) is 0 Å². The second kappa shape index (κ2) is 10.1. The molecule has 2 aromatic rings. The van der Waals surface area contributed by atoms with Crippen molar-refractivity contribution in [2.24, 2.45) is 11.8 Å². The second-order valence-electron chi connectivity index (χ2n) is 7.88. The Bertz CT molecular complexity index is 753. The molecule has 0 atom stereocenters. The molecule has 1 aliphatic carbocycles. The lowest BCUT2D eigenvalue weighted by atomic mass is 9.82. The van der Waals surface area contributed by atoms with Gasteiger partial charge in [0.25, 0.3) is 0 Å². The number of benzene rings is 2. The number of rotatable bonds is 7. The lowest BCUT2D eigenvalue weighted by Crippen LogP contribution is -2.11. The van der Waals surface area contributed by atoms with Gasteiger partial charge in [0.2, 0.25) is 0 Å². The monoisotopic (exact) mass is 357 g/mol. The minimum Gasteiger partial charge on any atom is -0.198 e. The zero-order chi connectivity index (χ0) is 18.9. The molecular formula is C26H31N. The molecule has 3 rings (SSSR count). The van der Waals surface area contributed by atoms with Gasteiger partial charge < -0.3 is 0 Å². The molecule has 0 aromatic heterocycles. The maximum absolute atomic E-state index is 9.00. The van der Waals surface area contributed by atoms with E-state index in [0.29, 0.717) is 5.92 Å². The van der Waals surface area contributed by atoms with Crippen LogP contribution in [0.1, 0.15) is 63.0 Å². The molecule has 1 nitrogen and oxygen atoms in total. The molecule has 140 valence electrons. The zero-order valence-corrected chi connectivity index (χ0v) is 16.5. The van der Waals surface area contributed by atoms with Crippen LogP contribution in [0, 0.1) is 23.2 Å². The van der Waals surface area contributed by atoms with Gasteiger partial charge in [-0.1, -0.05) is 80.4 Å². The largest absolute Gasteiger partial charge is 0.198 e. The van der Waals surface area contributed by atoms with E-state index in [-0.39, 0.29) is 5.92 Å². The van der Waals surface area contributed by atoms with E-state index >= 15 is 0 Å². The molecule has 0 saturated heterocycles. The number of unbranched alkanes of at least 4 members (excludes halogenated alkanes) is 2. The number of nitriles is 1. The molecule has 1 fully saturated rings. The van der Waals surface area contributed by atoms with Crippen molar-refractivity contribution in [2.45, 2.75) is 58.3 Å². The van der Waals surface area contributed by atoms with E-state index in [1.807, 2.05) is 0 Å². The van der Waals surface area contributed by atoms with Crippen LogP contribution in [0.3, 0.4) is 0 Å². The Morgan fingerprint density at radius 2 is 1.52 bits per heavy atom. The summed E-state index contributed by atoms with van der Waals surface area (Å²) in [7, 11) is 0. The Kier molecular flexibility index (Phi) is 7.28. The predicted octanol–water partition coefficient (Wildman–Crippen LogP) is 7.43. The van der Waals surface area contributed by atoms with E-state index in [4.69, 9.17) is 5.26 Å². The van der Waals surface area contributed by atoms with E-state index in [0.717, 1.165) is 25.7 Å². The smallest absolute Gasteiger partial charge is 0.0655 e. The van der Waals surface area contributed by atoms with Crippen LogP contribution < -0.4 is 0 Å². The Morgan fingerprint density at radius 3 is 2.11 bits per heavy atom. The molecule has 2 aromatic carbocycles. The van der Waals surface area contributed by atoms with Crippen LogP contribution in [-0.2, 0) is 6.42 Å². The van der Waals surface area contributed by atoms with Crippen LogP contribution in [-0.4, -0.2) is 0 Å². The maximum atomic E-state index is 9.00. The number of nitrogens with zero attached hydrogens (tertiary/aromatic N) is 1. The molecule has 0 bridgehead atoms. The quantitative estimate of drug-likeness (QED) is 0.473. The predicted molar refractivity (Wildman–Crippen MR) is 115 cm³/mol. The van der Waals surface area contributed by atoms with Crippen molar-refractivity contribution in [3.05, 3.63) is 65.7 Å². The van der Waals surface area contributed by atoms with Crippen LogP contribution in [0.25, 0.3) is 17.2 Å². The van der Waals surface area contributed by atoms with Gasteiger partial charge in [-0.2, -0.15) is 5.26 Å². The molecule has 0 unspecified atom stereocenters. The van der Waals surface area contributed by atoms with Gasteiger partial charge in [0.05, 0.1) is 6.07 Å². The SMILES string of the molecule is CCCCCc1ccc(-c2ccc(/C=C/[C@H]3CC[C@H](C#N)CC3)cc2)cc1. The third-order valence-electron chi connectivity index (χ3n) is 5.78. The number of hydrogen-bond acceptors (Lipinski definition) is 1. The lowest BCUT2D eigenvalue weighted by molar-refractivity contribution is 0.363. The number of aryl methyl sites for hydroxylation is 1. The summed E-state index contributed by atoms with van der Waals surface area (Å²) in [5.41, 5.74) is 5.27. The van der Waals surface area contributed by atoms with E-state index in [2.05, 4.69) is 73.7 Å². The standard InChI is InChI=1S/C26H31N/c1-2-3-4-5-21-12-16-25(17-13-21)26-18-14-23(15-19-26)7-6-22-8-10-24(20-27)11-9-22/h6-7,12-19,22,24H,2-5,8-11H2,1H3/b7-6+/t22-,24-. The highest BCUT2D eigenvalue weighted by Gasteiger charge is 2.18. The van der Waals surface area contributed by atoms with E-state index in [1.54, 1.807) is 0 Å². The van der Waals surface area contributed by atoms with Crippen molar-refractivity contribution in [2.75, 3.05) is 0 Å². The Balaban J connectivity index is 1.55. The Morgan fingerprint density at radius 1 is 0.889 bits per heavy atom. The summed E-state index contributed by atoms with van der Waals surface area (Å²) < 4.78 is 0. The molecule has 0 aliphatic heterocycles. The van der Waals surface area contributed by atoms with Crippen molar-refractivity contribution < 1.29 is 0 Å². The Hall–Kier alpha value is -2.33. The van der Waals surface area contributed by atoms with E-state index < -0.39 is 0 Å². The molecular weight excluding hydrogens is 326 g/mol. The summed E-state index contributed by atoms with van der Waals surface area (Å²) in [5.74, 6) is 0.918. The molecule has 0 N–H and O–H groups in total. The maximum Gasteiger partial charge on any atom is 0.0655 e. The fourth-order valence-corrected chi connectivity index (χ4v) is 3.92. The normalized spacial score (nSPS) is 19.9. The molecule has 27 heavy (non-hydrogen) atoms. The third kappa shape index (κ3) is 5.83. The highest BCUT2D eigenvalue weighted by molar-refractivity contribution is 5.66. The fourth-order valence-electron chi connectivity index (χ4n) is 3.92. The van der Waals surface area contributed by atoms with Crippen molar-refractivity contribution in [1.29, 1.82) is 5.26 Å². The highest BCUT2D eigenvalue weighted by atomic mass is 14.3. The van der Waals surface area contributed by atoms with Crippen molar-refractivity contribution in [1.82, 2.24) is 0 Å². The highest BCUT2D eigenvalue weighted by Crippen LogP contribution is 2.29. The van der Waals surface area contributed by atoms with Gasteiger partial charge in [0.15, 0.2) is 0 Å². The molecule has 0 amide bonds. The van der Waals surface area contributed by atoms with Crippen LogP contribution in [0.15, 0.2) is 54.6 Å². The molecule has 0 radical (unpaired) electrons. The van der Waals surface area contributed by atoms with Crippen molar-refractivity contribution in [3.8, 4) is 17.2 Å². The van der Waals surface area contributed by atoms with Gasteiger partial charge in [-0.05, 0) is 66.7 Å². The minimum atomic E-state index is 0.284. The van der Waals surface area contributed by atoms with Crippen LogP contribution in [0.2, 0.25) is 0 Å². The van der Waals surface area contributed by atoms with E-state index in [9.17, 15) is 0 Å². The minimum absolute atomic E-state index is 0.284. The molecule has 0 spiro atoms. The average molecular weight is 358 g/mol. The summed E-state index contributed by atoms with van der Waals surface area (Å²) in [6.45, 7) is 2.25. The first kappa shape index (κ1) is 19.4. The first-order chi connectivity index (χ1) is 13.3. The van der Waals surface area contributed by atoms with Gasteiger partial charge in [-0.25, -0.2) is 0 Å². The van der Waals surface area contributed by atoms with Crippen LogP contribution >= 0.6 is 0 Å².